The lowest BCUT2D eigenvalue weighted by atomic mass is 10.1. The number of phenols is 1. The van der Waals surface area contributed by atoms with Crippen LogP contribution in [-0.4, -0.2) is 22.7 Å². The van der Waals surface area contributed by atoms with Gasteiger partial charge in [-0.15, -0.1) is 0 Å². The summed E-state index contributed by atoms with van der Waals surface area (Å²) in [5.74, 6) is 6.47. The summed E-state index contributed by atoms with van der Waals surface area (Å²) in [5.41, 5.74) is 1.31. The number of carbonyl (C=O) groups is 1. The summed E-state index contributed by atoms with van der Waals surface area (Å²) in [6.07, 6.45) is 2.08. The second kappa shape index (κ2) is 6.43. The molecule has 0 aliphatic carbocycles. The number of benzene rings is 1. The summed E-state index contributed by atoms with van der Waals surface area (Å²) in [5, 5.41) is 16.1. The molecule has 2 aromatic rings. The van der Waals surface area contributed by atoms with Crippen molar-refractivity contribution in [3.8, 4) is 28.9 Å². The Kier molecular flexibility index (Phi) is 4.40. The van der Waals surface area contributed by atoms with Crippen LogP contribution >= 0.6 is 0 Å². The molecule has 0 unspecified atom stereocenters. The Hall–Kier alpha value is -2.74. The van der Waals surface area contributed by atoms with Crippen molar-refractivity contribution in [2.75, 3.05) is 6.54 Å². The zero-order chi connectivity index (χ0) is 14.4. The molecular weight excluding hydrogens is 256 g/mol. The van der Waals surface area contributed by atoms with Crippen LogP contribution in [0.2, 0.25) is 0 Å². The Balaban J connectivity index is 2.09. The van der Waals surface area contributed by atoms with Gasteiger partial charge in [0, 0.05) is 31.5 Å². The first-order chi connectivity index (χ1) is 9.66. The minimum atomic E-state index is -0.0657. The van der Waals surface area contributed by atoms with Crippen LogP contribution in [-0.2, 0) is 4.79 Å². The number of phenolic OH excluding ortho intramolecular Hbond substituents is 1. The normalized spacial score (nSPS) is 9.65. The largest absolute Gasteiger partial charge is 0.507 e. The van der Waals surface area contributed by atoms with Crippen molar-refractivity contribution < 1.29 is 14.4 Å². The van der Waals surface area contributed by atoms with Crippen molar-refractivity contribution >= 4 is 5.91 Å². The van der Waals surface area contributed by atoms with Gasteiger partial charge in [-0.25, -0.2) is 0 Å². The maximum atomic E-state index is 10.7. The number of aromatic hydroxyl groups is 1. The molecule has 0 aliphatic rings. The van der Waals surface area contributed by atoms with Gasteiger partial charge >= 0.3 is 0 Å². The maximum absolute atomic E-state index is 10.7. The van der Waals surface area contributed by atoms with Gasteiger partial charge in [0.1, 0.15) is 5.75 Å². The lowest BCUT2D eigenvalue weighted by Crippen LogP contribution is -2.20. The van der Waals surface area contributed by atoms with E-state index >= 15 is 0 Å². The van der Waals surface area contributed by atoms with Gasteiger partial charge in [0.25, 0.3) is 0 Å². The van der Waals surface area contributed by atoms with E-state index in [0.29, 0.717) is 24.3 Å². The van der Waals surface area contributed by atoms with E-state index in [1.54, 1.807) is 24.3 Å². The van der Waals surface area contributed by atoms with E-state index in [2.05, 4.69) is 22.3 Å². The molecule has 0 spiro atoms. The Morgan fingerprint density at radius 1 is 1.45 bits per heavy atom. The SMILES string of the molecule is CC(=O)NCCC#Cc1ccc(O)c(-c2ccno2)c1. The molecule has 0 saturated carbocycles. The van der Waals surface area contributed by atoms with Crippen molar-refractivity contribution in [3.63, 3.8) is 0 Å². The number of aromatic nitrogens is 1. The lowest BCUT2D eigenvalue weighted by Gasteiger charge is -2.01. The summed E-state index contributed by atoms with van der Waals surface area (Å²) in [6.45, 7) is 1.99. The lowest BCUT2D eigenvalue weighted by molar-refractivity contribution is -0.118. The summed E-state index contributed by atoms with van der Waals surface area (Å²) < 4.78 is 5.02. The van der Waals surface area contributed by atoms with Crippen LogP contribution in [0, 0.1) is 11.8 Å². The summed E-state index contributed by atoms with van der Waals surface area (Å²) >= 11 is 0. The van der Waals surface area contributed by atoms with E-state index in [9.17, 15) is 9.90 Å². The van der Waals surface area contributed by atoms with Crippen LogP contribution in [0.3, 0.4) is 0 Å². The van der Waals surface area contributed by atoms with Crippen molar-refractivity contribution in [3.05, 3.63) is 36.0 Å². The molecule has 1 amide bonds. The molecule has 2 rings (SSSR count). The highest BCUT2D eigenvalue weighted by Gasteiger charge is 2.08. The Labute approximate surface area is 116 Å². The second-order valence-electron chi connectivity index (χ2n) is 4.14. The summed E-state index contributed by atoms with van der Waals surface area (Å²) in [4.78, 5) is 10.7. The van der Waals surface area contributed by atoms with Gasteiger partial charge in [-0.05, 0) is 18.2 Å². The predicted molar refractivity (Wildman–Crippen MR) is 73.8 cm³/mol. The summed E-state index contributed by atoms with van der Waals surface area (Å²) in [6, 6.07) is 6.70. The van der Waals surface area contributed by atoms with Crippen LogP contribution < -0.4 is 5.32 Å². The minimum Gasteiger partial charge on any atom is -0.507 e. The van der Waals surface area contributed by atoms with Gasteiger partial charge < -0.3 is 14.9 Å². The smallest absolute Gasteiger partial charge is 0.216 e. The third-order valence-electron chi connectivity index (χ3n) is 2.56. The minimum absolute atomic E-state index is 0.0657. The zero-order valence-electron chi connectivity index (χ0n) is 11.0. The van der Waals surface area contributed by atoms with E-state index < -0.39 is 0 Å². The molecule has 5 nitrogen and oxygen atoms in total. The average Bonchev–Trinajstić information content (AvgIpc) is 2.93. The maximum Gasteiger partial charge on any atom is 0.216 e. The number of carbonyl (C=O) groups excluding carboxylic acids is 1. The quantitative estimate of drug-likeness (QED) is 0.660. The van der Waals surface area contributed by atoms with Gasteiger partial charge in [0.2, 0.25) is 5.91 Å². The average molecular weight is 270 g/mol. The molecule has 20 heavy (non-hydrogen) atoms. The Bertz CT molecular complexity index is 651. The number of amides is 1. The van der Waals surface area contributed by atoms with Crippen molar-refractivity contribution in [2.24, 2.45) is 0 Å². The first-order valence-corrected chi connectivity index (χ1v) is 6.14. The molecule has 0 bridgehead atoms. The van der Waals surface area contributed by atoms with E-state index in [1.165, 1.54) is 13.1 Å². The molecule has 1 heterocycles. The number of hydrogen-bond donors (Lipinski definition) is 2. The molecular formula is C15H14N2O3. The highest BCUT2D eigenvalue weighted by molar-refractivity contribution is 5.72. The van der Waals surface area contributed by atoms with Crippen molar-refractivity contribution in [1.29, 1.82) is 0 Å². The predicted octanol–water partition coefficient (Wildman–Crippen LogP) is 1.92. The topological polar surface area (TPSA) is 75.4 Å². The van der Waals surface area contributed by atoms with Gasteiger partial charge in [0.15, 0.2) is 5.76 Å². The van der Waals surface area contributed by atoms with E-state index in [4.69, 9.17) is 4.52 Å². The van der Waals surface area contributed by atoms with E-state index in [0.717, 1.165) is 5.56 Å². The van der Waals surface area contributed by atoms with E-state index in [-0.39, 0.29) is 11.7 Å². The van der Waals surface area contributed by atoms with Crippen LogP contribution in [0.15, 0.2) is 35.0 Å². The van der Waals surface area contributed by atoms with Crippen LogP contribution in [0.5, 0.6) is 5.75 Å². The number of nitrogens with one attached hydrogen (secondary N) is 1. The molecule has 1 aromatic carbocycles. The Morgan fingerprint density at radius 2 is 2.30 bits per heavy atom. The molecule has 102 valence electrons. The van der Waals surface area contributed by atoms with E-state index in [1.807, 2.05) is 0 Å². The van der Waals surface area contributed by atoms with Crippen LogP contribution in [0.4, 0.5) is 0 Å². The fourth-order valence-corrected chi connectivity index (χ4v) is 1.63. The third kappa shape index (κ3) is 3.62. The monoisotopic (exact) mass is 270 g/mol. The van der Waals surface area contributed by atoms with Crippen molar-refractivity contribution in [1.82, 2.24) is 10.5 Å². The first-order valence-electron chi connectivity index (χ1n) is 6.14. The van der Waals surface area contributed by atoms with Crippen LogP contribution in [0.25, 0.3) is 11.3 Å². The second-order valence-corrected chi connectivity index (χ2v) is 4.14. The molecule has 0 atom stereocenters. The first kappa shape index (κ1) is 13.7. The number of nitrogens with zero attached hydrogens (tertiary/aromatic N) is 1. The highest BCUT2D eigenvalue weighted by atomic mass is 16.5. The molecule has 0 saturated heterocycles. The third-order valence-corrected chi connectivity index (χ3v) is 2.56. The van der Waals surface area contributed by atoms with Gasteiger partial charge in [0.05, 0.1) is 11.8 Å². The van der Waals surface area contributed by atoms with Gasteiger partial charge in [-0.1, -0.05) is 17.0 Å². The molecule has 5 heteroatoms. The van der Waals surface area contributed by atoms with Gasteiger partial charge in [-0.2, -0.15) is 0 Å². The molecule has 1 aromatic heterocycles. The molecule has 0 fully saturated rings. The zero-order valence-corrected chi connectivity index (χ0v) is 11.0. The molecule has 2 N–H and O–H groups in total. The summed E-state index contributed by atoms with van der Waals surface area (Å²) in [7, 11) is 0. The highest BCUT2D eigenvalue weighted by Crippen LogP contribution is 2.29. The molecule has 0 aliphatic heterocycles. The Morgan fingerprint density at radius 3 is 3.00 bits per heavy atom. The number of hydrogen-bond acceptors (Lipinski definition) is 4. The fraction of sp³-hybridized carbons (Fsp3) is 0.200. The van der Waals surface area contributed by atoms with Gasteiger partial charge in [-0.3, -0.25) is 4.79 Å². The fourth-order valence-electron chi connectivity index (χ4n) is 1.63. The van der Waals surface area contributed by atoms with Crippen molar-refractivity contribution in [2.45, 2.75) is 13.3 Å². The molecule has 0 radical (unpaired) electrons. The standard InChI is InChI=1S/C15H14N2O3/c1-11(18)16-8-3-2-4-12-5-6-14(19)13(10-12)15-7-9-17-20-15/h5-7,9-10,19H,3,8H2,1H3,(H,16,18). The van der Waals surface area contributed by atoms with Crippen LogP contribution in [0.1, 0.15) is 18.9 Å². The number of rotatable bonds is 3.